The number of nitrogens with zero attached hydrogens (tertiary/aromatic N) is 1. The van der Waals surface area contributed by atoms with E-state index in [1.165, 1.54) is 6.07 Å². The summed E-state index contributed by atoms with van der Waals surface area (Å²) in [6.07, 6.45) is 0. The Bertz CT molecular complexity index is 420. The molecule has 1 aromatic carbocycles. The summed E-state index contributed by atoms with van der Waals surface area (Å²) in [5, 5.41) is 3.47. The van der Waals surface area contributed by atoms with Gasteiger partial charge in [-0.3, -0.25) is 4.90 Å². The lowest BCUT2D eigenvalue weighted by molar-refractivity contribution is 0.147. The van der Waals surface area contributed by atoms with Crippen molar-refractivity contribution < 1.29 is 9.13 Å². The Kier molecular flexibility index (Phi) is 3.88. The molecule has 0 atom stereocenters. The lowest BCUT2D eigenvalue weighted by Gasteiger charge is -2.39. The van der Waals surface area contributed by atoms with E-state index < -0.39 is 0 Å². The van der Waals surface area contributed by atoms with E-state index in [2.05, 4.69) is 24.1 Å². The minimum atomic E-state index is -0.208. The van der Waals surface area contributed by atoms with Crippen LogP contribution in [0.1, 0.15) is 19.4 Å². The van der Waals surface area contributed by atoms with Crippen molar-refractivity contribution in [2.75, 3.05) is 26.7 Å². The first-order valence-corrected chi connectivity index (χ1v) is 6.30. The quantitative estimate of drug-likeness (QED) is 0.890. The van der Waals surface area contributed by atoms with Crippen LogP contribution in [0.2, 0.25) is 0 Å². The van der Waals surface area contributed by atoms with Crippen molar-refractivity contribution in [3.63, 3.8) is 0 Å². The fourth-order valence-electron chi connectivity index (χ4n) is 2.49. The molecule has 18 heavy (non-hydrogen) atoms. The van der Waals surface area contributed by atoms with E-state index in [9.17, 15) is 4.39 Å². The van der Waals surface area contributed by atoms with Crippen molar-refractivity contribution in [1.29, 1.82) is 0 Å². The summed E-state index contributed by atoms with van der Waals surface area (Å²) in [5.41, 5.74) is 1.02. The van der Waals surface area contributed by atoms with E-state index in [1.807, 2.05) is 0 Å². The van der Waals surface area contributed by atoms with Crippen molar-refractivity contribution in [3.05, 3.63) is 29.6 Å². The predicted molar refractivity (Wildman–Crippen MR) is 70.3 cm³/mol. The number of rotatable bonds is 3. The molecular weight excluding hydrogens is 231 g/mol. The molecule has 0 aliphatic carbocycles. The van der Waals surface area contributed by atoms with Crippen LogP contribution in [-0.2, 0) is 6.54 Å². The molecule has 0 radical (unpaired) electrons. The molecule has 0 unspecified atom stereocenters. The summed E-state index contributed by atoms with van der Waals surface area (Å²) in [6.45, 7) is 7.98. The topological polar surface area (TPSA) is 24.5 Å². The van der Waals surface area contributed by atoms with Gasteiger partial charge < -0.3 is 10.1 Å². The van der Waals surface area contributed by atoms with Crippen LogP contribution in [0.3, 0.4) is 0 Å². The number of hydrogen-bond donors (Lipinski definition) is 1. The largest absolute Gasteiger partial charge is 0.496 e. The second-order valence-corrected chi connectivity index (χ2v) is 5.48. The van der Waals surface area contributed by atoms with Crippen LogP contribution in [0.15, 0.2) is 18.2 Å². The van der Waals surface area contributed by atoms with Gasteiger partial charge in [-0.25, -0.2) is 4.39 Å². The number of nitrogens with one attached hydrogen (secondary N) is 1. The van der Waals surface area contributed by atoms with Crippen LogP contribution in [0, 0.1) is 5.82 Å². The van der Waals surface area contributed by atoms with Gasteiger partial charge in [0.1, 0.15) is 11.6 Å². The van der Waals surface area contributed by atoms with Gasteiger partial charge >= 0.3 is 0 Å². The predicted octanol–water partition coefficient (Wildman–Crippen LogP) is 2.02. The van der Waals surface area contributed by atoms with Crippen molar-refractivity contribution in [2.45, 2.75) is 25.9 Å². The average Bonchev–Trinajstić information content (AvgIpc) is 2.28. The first-order valence-electron chi connectivity index (χ1n) is 6.30. The summed E-state index contributed by atoms with van der Waals surface area (Å²) in [4.78, 5) is 2.33. The van der Waals surface area contributed by atoms with E-state index in [0.29, 0.717) is 0 Å². The lowest BCUT2D eigenvalue weighted by atomic mass is 10.0. The van der Waals surface area contributed by atoms with Gasteiger partial charge in [0.2, 0.25) is 0 Å². The van der Waals surface area contributed by atoms with Crippen LogP contribution in [0.4, 0.5) is 4.39 Å². The first-order chi connectivity index (χ1) is 8.50. The molecule has 4 heteroatoms. The molecule has 1 fully saturated rings. The Morgan fingerprint density at radius 1 is 1.44 bits per heavy atom. The molecule has 1 aromatic rings. The van der Waals surface area contributed by atoms with Crippen LogP contribution in [0.25, 0.3) is 0 Å². The fraction of sp³-hybridized carbons (Fsp3) is 0.571. The number of benzene rings is 1. The lowest BCUT2D eigenvalue weighted by Crippen LogP contribution is -2.56. The van der Waals surface area contributed by atoms with Crippen LogP contribution < -0.4 is 10.1 Å². The van der Waals surface area contributed by atoms with Crippen molar-refractivity contribution >= 4 is 0 Å². The second-order valence-electron chi connectivity index (χ2n) is 5.48. The molecule has 0 aromatic heterocycles. The zero-order valence-electron chi connectivity index (χ0n) is 11.3. The number of piperazine rings is 1. The Labute approximate surface area is 108 Å². The maximum absolute atomic E-state index is 13.3. The molecule has 1 heterocycles. The summed E-state index contributed by atoms with van der Waals surface area (Å²) < 4.78 is 18.6. The monoisotopic (exact) mass is 252 g/mol. The molecule has 1 N–H and O–H groups in total. The molecule has 0 amide bonds. The van der Waals surface area contributed by atoms with Gasteiger partial charge in [-0.15, -0.1) is 0 Å². The number of ether oxygens (including phenoxy) is 1. The summed E-state index contributed by atoms with van der Waals surface area (Å²) >= 11 is 0. The minimum Gasteiger partial charge on any atom is -0.496 e. The second kappa shape index (κ2) is 5.24. The van der Waals surface area contributed by atoms with Crippen LogP contribution in [0.5, 0.6) is 5.75 Å². The Morgan fingerprint density at radius 2 is 2.22 bits per heavy atom. The van der Waals surface area contributed by atoms with E-state index in [4.69, 9.17) is 4.74 Å². The fourth-order valence-corrected chi connectivity index (χ4v) is 2.49. The Hall–Kier alpha value is -1.13. The summed E-state index contributed by atoms with van der Waals surface area (Å²) in [6, 6.07) is 4.69. The van der Waals surface area contributed by atoms with Crippen molar-refractivity contribution in [1.82, 2.24) is 10.2 Å². The first kappa shape index (κ1) is 13.3. The van der Waals surface area contributed by atoms with E-state index in [0.717, 1.165) is 37.5 Å². The van der Waals surface area contributed by atoms with E-state index >= 15 is 0 Å². The molecule has 1 aliphatic rings. The van der Waals surface area contributed by atoms with Gasteiger partial charge in [0.05, 0.1) is 7.11 Å². The standard InChI is InChI=1S/C14H21FN2O/c1-14(2)10-17(7-6-16-14)9-11-8-12(15)4-5-13(11)18-3/h4-5,8,16H,6-7,9-10H2,1-3H3. The highest BCUT2D eigenvalue weighted by Gasteiger charge is 2.26. The average molecular weight is 252 g/mol. The van der Waals surface area contributed by atoms with Gasteiger partial charge in [0.25, 0.3) is 0 Å². The van der Waals surface area contributed by atoms with Gasteiger partial charge in [-0.05, 0) is 32.0 Å². The van der Waals surface area contributed by atoms with Gasteiger partial charge in [-0.2, -0.15) is 0 Å². The third-order valence-electron chi connectivity index (χ3n) is 3.29. The minimum absolute atomic E-state index is 0.110. The Morgan fingerprint density at radius 3 is 2.89 bits per heavy atom. The van der Waals surface area contributed by atoms with Crippen LogP contribution in [-0.4, -0.2) is 37.2 Å². The molecule has 3 nitrogen and oxygen atoms in total. The Balaban J connectivity index is 2.11. The van der Waals surface area contributed by atoms with E-state index in [1.54, 1.807) is 19.2 Å². The maximum atomic E-state index is 13.3. The van der Waals surface area contributed by atoms with Crippen molar-refractivity contribution in [3.8, 4) is 5.75 Å². The molecule has 0 bridgehead atoms. The normalized spacial score (nSPS) is 19.8. The maximum Gasteiger partial charge on any atom is 0.123 e. The zero-order valence-corrected chi connectivity index (χ0v) is 11.3. The van der Waals surface area contributed by atoms with Crippen molar-refractivity contribution in [2.24, 2.45) is 0 Å². The van der Waals surface area contributed by atoms with Gasteiger partial charge in [0.15, 0.2) is 0 Å². The van der Waals surface area contributed by atoms with E-state index in [-0.39, 0.29) is 11.4 Å². The SMILES string of the molecule is COc1ccc(F)cc1CN1CCNC(C)(C)C1. The molecule has 100 valence electrons. The molecule has 0 saturated carbocycles. The van der Waals surface area contributed by atoms with Gasteiger partial charge in [-0.1, -0.05) is 0 Å². The molecular formula is C14H21FN2O. The molecule has 2 rings (SSSR count). The van der Waals surface area contributed by atoms with Crippen LogP contribution >= 0.6 is 0 Å². The summed E-state index contributed by atoms with van der Waals surface area (Å²) in [7, 11) is 1.62. The highest BCUT2D eigenvalue weighted by Crippen LogP contribution is 2.22. The highest BCUT2D eigenvalue weighted by molar-refractivity contribution is 5.33. The third kappa shape index (κ3) is 3.21. The number of methoxy groups -OCH3 is 1. The third-order valence-corrected chi connectivity index (χ3v) is 3.29. The molecule has 1 saturated heterocycles. The smallest absolute Gasteiger partial charge is 0.123 e. The molecule has 1 aliphatic heterocycles. The zero-order chi connectivity index (χ0) is 13.2. The number of hydrogen-bond acceptors (Lipinski definition) is 3. The number of halogens is 1. The highest BCUT2D eigenvalue weighted by atomic mass is 19.1. The summed E-state index contributed by atoms with van der Waals surface area (Å²) in [5.74, 6) is 0.549. The van der Waals surface area contributed by atoms with Gasteiger partial charge in [0, 0.05) is 37.3 Å². The molecule has 0 spiro atoms.